The number of thioether (sulfide) groups is 1. The van der Waals surface area contributed by atoms with Gasteiger partial charge in [0.05, 0.1) is 5.75 Å². The molecule has 1 aromatic rings. The number of rotatable bonds is 3. The Kier molecular flexibility index (Phi) is 4.15. The Morgan fingerprint density at radius 1 is 1.40 bits per heavy atom. The van der Waals surface area contributed by atoms with Gasteiger partial charge in [0.1, 0.15) is 5.60 Å². The first-order valence-corrected chi connectivity index (χ1v) is 5.70. The van der Waals surface area contributed by atoms with E-state index in [1.807, 2.05) is 32.9 Å². The lowest BCUT2D eigenvalue weighted by Crippen LogP contribution is -2.24. The fourth-order valence-electron chi connectivity index (χ4n) is 0.948. The largest absolute Gasteiger partial charge is 0.459 e. The van der Waals surface area contributed by atoms with E-state index in [1.165, 1.54) is 11.8 Å². The third-order valence-corrected chi connectivity index (χ3v) is 2.41. The van der Waals surface area contributed by atoms with Gasteiger partial charge in [-0.2, -0.15) is 0 Å². The second kappa shape index (κ2) is 5.16. The van der Waals surface area contributed by atoms with Crippen molar-refractivity contribution in [1.29, 1.82) is 0 Å². The van der Waals surface area contributed by atoms with Crippen molar-refractivity contribution in [3.8, 4) is 0 Å². The smallest absolute Gasteiger partial charge is 0.316 e. The molecule has 0 aliphatic rings. The van der Waals surface area contributed by atoms with Crippen LogP contribution in [-0.4, -0.2) is 22.3 Å². The number of ether oxygens (including phenoxy) is 1. The Labute approximate surface area is 94.2 Å². The summed E-state index contributed by atoms with van der Waals surface area (Å²) in [6.45, 7) is 5.59. The van der Waals surface area contributed by atoms with Gasteiger partial charge in [-0.25, -0.2) is 0 Å². The monoisotopic (exact) mass is 225 g/mol. The number of pyridine rings is 1. The number of nitrogens with zero attached hydrogens (tertiary/aromatic N) is 1. The summed E-state index contributed by atoms with van der Waals surface area (Å²) in [5, 5.41) is 0. The van der Waals surface area contributed by atoms with Crippen molar-refractivity contribution in [3.63, 3.8) is 0 Å². The third kappa shape index (κ3) is 5.42. The lowest BCUT2D eigenvalue weighted by atomic mass is 10.2. The highest BCUT2D eigenvalue weighted by Crippen LogP contribution is 2.17. The Balaban J connectivity index is 2.35. The van der Waals surface area contributed by atoms with Crippen molar-refractivity contribution in [2.75, 3.05) is 5.75 Å². The molecule has 0 aliphatic carbocycles. The van der Waals surface area contributed by atoms with E-state index >= 15 is 0 Å². The molecule has 0 N–H and O–H groups in total. The quantitative estimate of drug-likeness (QED) is 0.585. The fourth-order valence-corrected chi connectivity index (χ4v) is 1.61. The molecule has 0 saturated carbocycles. The Morgan fingerprint density at radius 3 is 2.53 bits per heavy atom. The normalized spacial score (nSPS) is 11.1. The SMILES string of the molecule is CC(C)(C)OC(=O)CSc1ccncc1. The summed E-state index contributed by atoms with van der Waals surface area (Å²) >= 11 is 1.45. The van der Waals surface area contributed by atoms with Crippen LogP contribution in [-0.2, 0) is 9.53 Å². The zero-order valence-corrected chi connectivity index (χ0v) is 10.0. The van der Waals surface area contributed by atoms with E-state index in [0.29, 0.717) is 5.75 Å². The van der Waals surface area contributed by atoms with Gasteiger partial charge in [-0.05, 0) is 32.9 Å². The molecule has 4 heteroatoms. The first kappa shape index (κ1) is 12.0. The van der Waals surface area contributed by atoms with E-state index in [1.54, 1.807) is 12.4 Å². The van der Waals surface area contributed by atoms with E-state index in [4.69, 9.17) is 4.74 Å². The average molecular weight is 225 g/mol. The summed E-state index contributed by atoms with van der Waals surface area (Å²) in [6, 6.07) is 3.74. The minimum atomic E-state index is -0.407. The summed E-state index contributed by atoms with van der Waals surface area (Å²) in [4.78, 5) is 16.3. The van der Waals surface area contributed by atoms with Crippen LogP contribution < -0.4 is 0 Å². The molecule has 0 bridgehead atoms. The number of carbonyl (C=O) groups excluding carboxylic acids is 1. The van der Waals surface area contributed by atoms with Gasteiger partial charge in [0, 0.05) is 17.3 Å². The van der Waals surface area contributed by atoms with Gasteiger partial charge < -0.3 is 4.74 Å². The van der Waals surface area contributed by atoms with Gasteiger partial charge >= 0.3 is 5.97 Å². The van der Waals surface area contributed by atoms with Gasteiger partial charge in [0.15, 0.2) is 0 Å². The minimum absolute atomic E-state index is 0.190. The molecule has 0 aromatic carbocycles. The molecule has 1 heterocycles. The summed E-state index contributed by atoms with van der Waals surface area (Å²) in [5.41, 5.74) is -0.407. The predicted octanol–water partition coefficient (Wildman–Crippen LogP) is 2.52. The van der Waals surface area contributed by atoms with E-state index in [9.17, 15) is 4.79 Å². The molecule has 0 atom stereocenters. The van der Waals surface area contributed by atoms with Crippen molar-refractivity contribution >= 4 is 17.7 Å². The van der Waals surface area contributed by atoms with Crippen LogP contribution in [0.15, 0.2) is 29.4 Å². The van der Waals surface area contributed by atoms with Crippen LogP contribution in [0.25, 0.3) is 0 Å². The maximum Gasteiger partial charge on any atom is 0.316 e. The molecule has 0 amide bonds. The predicted molar refractivity (Wildman–Crippen MR) is 60.8 cm³/mol. The van der Waals surface area contributed by atoms with E-state index in [0.717, 1.165) is 4.90 Å². The van der Waals surface area contributed by atoms with Gasteiger partial charge in [-0.3, -0.25) is 9.78 Å². The van der Waals surface area contributed by atoms with E-state index in [-0.39, 0.29) is 5.97 Å². The van der Waals surface area contributed by atoms with Gasteiger partial charge in [0.2, 0.25) is 0 Å². The molecule has 82 valence electrons. The summed E-state index contributed by atoms with van der Waals surface area (Å²) in [7, 11) is 0. The topological polar surface area (TPSA) is 39.2 Å². The van der Waals surface area contributed by atoms with Crippen molar-refractivity contribution < 1.29 is 9.53 Å². The van der Waals surface area contributed by atoms with Crippen LogP contribution >= 0.6 is 11.8 Å². The molecule has 1 rings (SSSR count). The number of carbonyl (C=O) groups is 1. The summed E-state index contributed by atoms with van der Waals surface area (Å²) < 4.78 is 5.18. The molecular weight excluding hydrogens is 210 g/mol. The molecule has 0 radical (unpaired) electrons. The van der Waals surface area contributed by atoms with E-state index in [2.05, 4.69) is 4.98 Å². The van der Waals surface area contributed by atoms with Crippen LogP contribution in [0.4, 0.5) is 0 Å². The molecule has 0 fully saturated rings. The van der Waals surface area contributed by atoms with Crippen molar-refractivity contribution in [3.05, 3.63) is 24.5 Å². The minimum Gasteiger partial charge on any atom is -0.459 e. The van der Waals surface area contributed by atoms with Crippen molar-refractivity contribution in [2.45, 2.75) is 31.3 Å². The van der Waals surface area contributed by atoms with Crippen molar-refractivity contribution in [2.24, 2.45) is 0 Å². The molecule has 1 aromatic heterocycles. The molecule has 0 saturated heterocycles. The van der Waals surface area contributed by atoms with Crippen LogP contribution in [0, 0.1) is 0 Å². The van der Waals surface area contributed by atoms with Gasteiger partial charge in [0.25, 0.3) is 0 Å². The maximum atomic E-state index is 11.4. The fraction of sp³-hybridized carbons (Fsp3) is 0.455. The first-order valence-electron chi connectivity index (χ1n) is 4.72. The Hall–Kier alpha value is -1.03. The van der Waals surface area contributed by atoms with Gasteiger partial charge in [-0.1, -0.05) is 0 Å². The Bertz CT molecular complexity index is 319. The second-order valence-corrected chi connectivity index (χ2v) is 5.11. The van der Waals surface area contributed by atoms with Crippen LogP contribution in [0.3, 0.4) is 0 Å². The first-order chi connectivity index (χ1) is 6.97. The number of hydrogen-bond donors (Lipinski definition) is 0. The third-order valence-electron chi connectivity index (χ3n) is 1.43. The molecule has 3 nitrogen and oxygen atoms in total. The highest BCUT2D eigenvalue weighted by molar-refractivity contribution is 8.00. The average Bonchev–Trinajstić information content (AvgIpc) is 2.14. The zero-order chi connectivity index (χ0) is 11.3. The summed E-state index contributed by atoms with van der Waals surface area (Å²) in [6.07, 6.45) is 3.41. The number of esters is 1. The lowest BCUT2D eigenvalue weighted by molar-refractivity contribution is -0.151. The maximum absolute atomic E-state index is 11.4. The van der Waals surface area contributed by atoms with Gasteiger partial charge in [-0.15, -0.1) is 11.8 Å². The second-order valence-electron chi connectivity index (χ2n) is 4.06. The molecule has 0 spiro atoms. The van der Waals surface area contributed by atoms with Crippen LogP contribution in [0.1, 0.15) is 20.8 Å². The summed E-state index contributed by atoms with van der Waals surface area (Å²) in [5.74, 6) is 0.144. The molecule has 0 aliphatic heterocycles. The Morgan fingerprint density at radius 2 is 2.00 bits per heavy atom. The molecular formula is C11H15NO2S. The van der Waals surface area contributed by atoms with Crippen LogP contribution in [0.2, 0.25) is 0 Å². The highest BCUT2D eigenvalue weighted by Gasteiger charge is 2.15. The highest BCUT2D eigenvalue weighted by atomic mass is 32.2. The number of aromatic nitrogens is 1. The molecule has 0 unspecified atom stereocenters. The molecule has 15 heavy (non-hydrogen) atoms. The van der Waals surface area contributed by atoms with Crippen molar-refractivity contribution in [1.82, 2.24) is 4.98 Å². The standard InChI is InChI=1S/C11H15NO2S/c1-11(2,3)14-10(13)8-15-9-4-6-12-7-5-9/h4-7H,8H2,1-3H3. The van der Waals surface area contributed by atoms with E-state index < -0.39 is 5.60 Å². The zero-order valence-electron chi connectivity index (χ0n) is 9.19. The lowest BCUT2D eigenvalue weighted by Gasteiger charge is -2.19. The number of hydrogen-bond acceptors (Lipinski definition) is 4. The van der Waals surface area contributed by atoms with Crippen LogP contribution in [0.5, 0.6) is 0 Å².